The van der Waals surface area contributed by atoms with Gasteiger partial charge in [0.25, 0.3) is 0 Å². The van der Waals surface area contributed by atoms with Gasteiger partial charge in [-0.25, -0.2) is 5.01 Å². The Hall–Kier alpha value is -1.72. The molecule has 1 unspecified atom stereocenters. The number of nitrogens with one attached hydrogen (secondary N) is 2. The Bertz CT molecular complexity index is 408. The normalized spacial score (nSPS) is 23.2. The summed E-state index contributed by atoms with van der Waals surface area (Å²) in [6, 6.07) is 8.04. The van der Waals surface area contributed by atoms with Gasteiger partial charge in [0, 0.05) is 12.1 Å². The number of para-hydroxylation sites is 1. The summed E-state index contributed by atoms with van der Waals surface area (Å²) in [5, 5.41) is 5.12. The van der Waals surface area contributed by atoms with Crippen molar-refractivity contribution in [2.75, 3.05) is 6.54 Å². The number of fused-ring (bicyclic) bond motifs is 1. The molecule has 1 aromatic carbocycles. The Morgan fingerprint density at radius 1 is 1.31 bits per heavy atom. The lowest BCUT2D eigenvalue weighted by atomic mass is 10.2. The first-order chi connectivity index (χ1) is 7.93. The monoisotopic (exact) mass is 219 g/mol. The second kappa shape index (κ2) is 4.03. The van der Waals surface area contributed by atoms with Crippen molar-refractivity contribution in [3.8, 4) is 5.75 Å². The van der Waals surface area contributed by atoms with Crippen LogP contribution in [-0.2, 0) is 11.4 Å². The van der Waals surface area contributed by atoms with Crippen molar-refractivity contribution in [1.82, 2.24) is 15.9 Å². The smallest absolute Gasteiger partial charge is 0.200 e. The van der Waals surface area contributed by atoms with Crippen LogP contribution in [-0.4, -0.2) is 17.8 Å². The van der Waals surface area contributed by atoms with Crippen molar-refractivity contribution >= 4 is 0 Å². The fourth-order valence-electron chi connectivity index (χ4n) is 1.81. The van der Waals surface area contributed by atoms with Crippen LogP contribution >= 0.6 is 0 Å². The van der Waals surface area contributed by atoms with Crippen molar-refractivity contribution < 1.29 is 9.57 Å². The number of benzene rings is 1. The van der Waals surface area contributed by atoms with Gasteiger partial charge in [0.2, 0.25) is 0 Å². The predicted octanol–water partition coefficient (Wildman–Crippen LogP) is 0.718. The van der Waals surface area contributed by atoms with Crippen LogP contribution in [0.25, 0.3) is 0 Å². The van der Waals surface area contributed by atoms with Crippen molar-refractivity contribution in [3.63, 3.8) is 0 Å². The van der Waals surface area contributed by atoms with E-state index in [4.69, 9.17) is 9.57 Å². The molecule has 2 N–H and O–H groups in total. The van der Waals surface area contributed by atoms with Gasteiger partial charge < -0.3 is 14.9 Å². The molecule has 2 heterocycles. The molecule has 1 aromatic rings. The third-order valence-corrected chi connectivity index (χ3v) is 2.63. The minimum Gasteiger partial charge on any atom is -0.467 e. The van der Waals surface area contributed by atoms with Crippen LogP contribution in [0.4, 0.5) is 0 Å². The van der Waals surface area contributed by atoms with E-state index in [1.807, 2.05) is 18.2 Å². The molecule has 0 aliphatic carbocycles. The Kier molecular flexibility index (Phi) is 2.40. The summed E-state index contributed by atoms with van der Waals surface area (Å²) in [5.74, 6) is 0.916. The minimum atomic E-state index is -0.109. The standard InChI is InChI=1S/C11H13N3O2/c1-2-4-10-9(3-1)7-12-8-11(16-10)14-5-6-15-13-14/h1-6,11-13H,7-8H2. The first-order valence-corrected chi connectivity index (χ1v) is 5.25. The fraction of sp³-hybridized carbons (Fsp3) is 0.273. The number of hydrogen-bond donors (Lipinski definition) is 2. The molecule has 5 nitrogen and oxygen atoms in total. The van der Waals surface area contributed by atoms with Gasteiger partial charge in [0.15, 0.2) is 6.23 Å². The highest BCUT2D eigenvalue weighted by Gasteiger charge is 2.23. The molecule has 0 saturated carbocycles. The van der Waals surface area contributed by atoms with Crippen LogP contribution in [0, 0.1) is 0 Å². The molecule has 3 rings (SSSR count). The van der Waals surface area contributed by atoms with Crippen LogP contribution in [0.2, 0.25) is 0 Å². The van der Waals surface area contributed by atoms with Crippen LogP contribution in [0.1, 0.15) is 5.56 Å². The van der Waals surface area contributed by atoms with E-state index in [-0.39, 0.29) is 6.23 Å². The van der Waals surface area contributed by atoms with E-state index in [1.54, 1.807) is 17.5 Å². The van der Waals surface area contributed by atoms with E-state index in [9.17, 15) is 0 Å². The third kappa shape index (κ3) is 1.70. The summed E-state index contributed by atoms with van der Waals surface area (Å²) in [5.41, 5.74) is 3.92. The highest BCUT2D eigenvalue weighted by Crippen LogP contribution is 2.22. The maximum Gasteiger partial charge on any atom is 0.200 e. The SMILES string of the molecule is C1=CN(C2CNCc3ccccc3O2)NO1. The maximum absolute atomic E-state index is 5.91. The topological polar surface area (TPSA) is 45.8 Å². The Morgan fingerprint density at radius 2 is 2.25 bits per heavy atom. The van der Waals surface area contributed by atoms with Crippen molar-refractivity contribution in [1.29, 1.82) is 0 Å². The van der Waals surface area contributed by atoms with Gasteiger partial charge in [0.05, 0.1) is 12.7 Å². The highest BCUT2D eigenvalue weighted by atomic mass is 16.7. The molecule has 0 fully saturated rings. The molecular weight excluding hydrogens is 206 g/mol. The van der Waals surface area contributed by atoms with Crippen molar-refractivity contribution in [3.05, 3.63) is 42.3 Å². The quantitative estimate of drug-likeness (QED) is 0.728. The first kappa shape index (κ1) is 9.50. The predicted molar refractivity (Wildman–Crippen MR) is 57.8 cm³/mol. The van der Waals surface area contributed by atoms with Crippen molar-refractivity contribution in [2.24, 2.45) is 0 Å². The molecule has 16 heavy (non-hydrogen) atoms. The summed E-state index contributed by atoms with van der Waals surface area (Å²) in [6.07, 6.45) is 3.28. The number of hydrogen-bond acceptors (Lipinski definition) is 5. The van der Waals surface area contributed by atoms with Crippen LogP contribution in [0.15, 0.2) is 36.7 Å². The molecule has 2 aliphatic heterocycles. The van der Waals surface area contributed by atoms with E-state index >= 15 is 0 Å². The second-order valence-corrected chi connectivity index (χ2v) is 3.71. The van der Waals surface area contributed by atoms with Crippen LogP contribution in [0.3, 0.4) is 0 Å². The number of rotatable bonds is 1. The molecule has 0 spiro atoms. The van der Waals surface area contributed by atoms with Gasteiger partial charge in [0.1, 0.15) is 12.0 Å². The molecule has 1 atom stereocenters. The molecule has 84 valence electrons. The lowest BCUT2D eigenvalue weighted by Gasteiger charge is -2.25. The lowest BCUT2D eigenvalue weighted by molar-refractivity contribution is -0.0533. The van der Waals surface area contributed by atoms with E-state index in [0.717, 1.165) is 18.8 Å². The number of ether oxygens (including phenoxy) is 1. The van der Waals surface area contributed by atoms with Crippen LogP contribution in [0.5, 0.6) is 5.75 Å². The minimum absolute atomic E-state index is 0.109. The Morgan fingerprint density at radius 3 is 3.12 bits per heavy atom. The van der Waals surface area contributed by atoms with Gasteiger partial charge in [-0.3, -0.25) is 0 Å². The molecular formula is C11H13N3O2. The zero-order valence-electron chi connectivity index (χ0n) is 8.72. The summed E-state index contributed by atoms with van der Waals surface area (Å²) < 4.78 is 5.91. The zero-order valence-corrected chi connectivity index (χ0v) is 8.72. The van der Waals surface area contributed by atoms with E-state index in [1.165, 1.54) is 5.56 Å². The summed E-state index contributed by atoms with van der Waals surface area (Å²) in [6.45, 7) is 1.56. The average Bonchev–Trinajstić information content (AvgIpc) is 2.75. The summed E-state index contributed by atoms with van der Waals surface area (Å²) in [4.78, 5) is 4.93. The summed E-state index contributed by atoms with van der Waals surface area (Å²) in [7, 11) is 0. The van der Waals surface area contributed by atoms with E-state index in [0.29, 0.717) is 0 Å². The molecule has 0 bridgehead atoms. The van der Waals surface area contributed by atoms with Gasteiger partial charge in [-0.15, -0.1) is 0 Å². The van der Waals surface area contributed by atoms with Crippen molar-refractivity contribution in [2.45, 2.75) is 12.8 Å². The fourth-order valence-corrected chi connectivity index (χ4v) is 1.81. The lowest BCUT2D eigenvalue weighted by Crippen LogP contribution is -2.46. The number of hydrazine groups is 1. The average molecular weight is 219 g/mol. The van der Waals surface area contributed by atoms with Crippen LogP contribution < -0.4 is 15.6 Å². The third-order valence-electron chi connectivity index (χ3n) is 2.63. The molecule has 0 radical (unpaired) electrons. The van der Waals surface area contributed by atoms with Gasteiger partial charge in [-0.05, 0) is 6.07 Å². The Labute approximate surface area is 93.6 Å². The maximum atomic E-state index is 5.91. The van der Waals surface area contributed by atoms with Gasteiger partial charge >= 0.3 is 0 Å². The summed E-state index contributed by atoms with van der Waals surface area (Å²) >= 11 is 0. The Balaban J connectivity index is 1.82. The van der Waals surface area contributed by atoms with Gasteiger partial charge in [-0.2, -0.15) is 0 Å². The molecule has 0 saturated heterocycles. The van der Waals surface area contributed by atoms with Gasteiger partial charge in [-0.1, -0.05) is 23.8 Å². The first-order valence-electron chi connectivity index (χ1n) is 5.25. The largest absolute Gasteiger partial charge is 0.467 e. The van der Waals surface area contributed by atoms with E-state index < -0.39 is 0 Å². The molecule has 0 amide bonds. The second-order valence-electron chi connectivity index (χ2n) is 3.71. The number of nitrogens with zero attached hydrogens (tertiary/aromatic N) is 1. The molecule has 2 aliphatic rings. The van der Waals surface area contributed by atoms with E-state index in [2.05, 4.69) is 17.0 Å². The molecule has 5 heteroatoms. The highest BCUT2D eigenvalue weighted by molar-refractivity contribution is 5.34. The zero-order chi connectivity index (χ0) is 10.8. The molecule has 0 aromatic heterocycles.